The normalized spacial score (nSPS) is 17.7. The van der Waals surface area contributed by atoms with E-state index in [4.69, 9.17) is 9.47 Å². The van der Waals surface area contributed by atoms with E-state index in [2.05, 4.69) is 5.32 Å². The van der Waals surface area contributed by atoms with Crippen molar-refractivity contribution in [3.05, 3.63) is 24.3 Å². The Morgan fingerprint density at radius 3 is 2.64 bits per heavy atom. The average Bonchev–Trinajstić information content (AvgIpc) is 2.86. The van der Waals surface area contributed by atoms with E-state index in [0.717, 1.165) is 0 Å². The van der Waals surface area contributed by atoms with Crippen molar-refractivity contribution in [2.24, 2.45) is 0 Å². The molecule has 2 rings (SSSR count). The maximum absolute atomic E-state index is 11.9. The number of hydrogen-bond acceptors (Lipinski definition) is 4. The van der Waals surface area contributed by atoms with E-state index in [-0.39, 0.29) is 30.5 Å². The summed E-state index contributed by atoms with van der Waals surface area (Å²) in [6.45, 7) is 4.38. The van der Waals surface area contributed by atoms with Gasteiger partial charge in [0, 0.05) is 19.0 Å². The van der Waals surface area contributed by atoms with Crippen LogP contribution in [-0.2, 0) is 9.59 Å². The third-order valence-electron chi connectivity index (χ3n) is 3.57. The molecule has 1 atom stereocenters. The zero-order valence-corrected chi connectivity index (χ0v) is 13.2. The molecule has 1 saturated heterocycles. The molecule has 1 aliphatic heterocycles. The number of rotatable bonds is 6. The van der Waals surface area contributed by atoms with Crippen molar-refractivity contribution in [1.29, 1.82) is 0 Å². The lowest BCUT2D eigenvalue weighted by Gasteiger charge is -2.21. The maximum Gasteiger partial charge on any atom is 0.258 e. The van der Waals surface area contributed by atoms with Gasteiger partial charge < -0.3 is 19.7 Å². The third kappa shape index (κ3) is 3.90. The van der Waals surface area contributed by atoms with E-state index in [9.17, 15) is 9.59 Å². The molecule has 2 amide bonds. The van der Waals surface area contributed by atoms with Crippen LogP contribution in [0.2, 0.25) is 0 Å². The molecule has 6 nitrogen and oxygen atoms in total. The van der Waals surface area contributed by atoms with Crippen molar-refractivity contribution in [1.82, 2.24) is 10.2 Å². The second-order valence-electron chi connectivity index (χ2n) is 5.55. The number of methoxy groups -OCH3 is 1. The van der Waals surface area contributed by atoms with Gasteiger partial charge in [-0.15, -0.1) is 0 Å². The second kappa shape index (κ2) is 7.15. The van der Waals surface area contributed by atoms with Crippen molar-refractivity contribution in [3.63, 3.8) is 0 Å². The van der Waals surface area contributed by atoms with Crippen molar-refractivity contribution in [3.8, 4) is 11.5 Å². The van der Waals surface area contributed by atoms with Gasteiger partial charge in [0.15, 0.2) is 18.1 Å². The minimum atomic E-state index is -0.241. The van der Waals surface area contributed by atoms with Crippen LogP contribution in [0, 0.1) is 0 Å². The van der Waals surface area contributed by atoms with Crippen LogP contribution in [0.1, 0.15) is 20.3 Å². The molecule has 0 radical (unpaired) electrons. The van der Waals surface area contributed by atoms with Gasteiger partial charge in [-0.05, 0) is 26.0 Å². The van der Waals surface area contributed by atoms with E-state index in [1.807, 2.05) is 26.0 Å². The highest BCUT2D eigenvalue weighted by Crippen LogP contribution is 2.25. The van der Waals surface area contributed by atoms with Crippen LogP contribution >= 0.6 is 0 Å². The van der Waals surface area contributed by atoms with E-state index in [1.54, 1.807) is 24.1 Å². The van der Waals surface area contributed by atoms with Crippen molar-refractivity contribution < 1.29 is 19.1 Å². The summed E-state index contributed by atoms with van der Waals surface area (Å²) >= 11 is 0. The van der Waals surface area contributed by atoms with E-state index in [0.29, 0.717) is 24.5 Å². The Hall–Kier alpha value is -2.24. The van der Waals surface area contributed by atoms with Gasteiger partial charge in [-0.25, -0.2) is 0 Å². The number of carbonyl (C=O) groups is 2. The molecule has 1 aromatic rings. The first-order chi connectivity index (χ1) is 10.5. The number of benzene rings is 1. The molecule has 0 aliphatic carbocycles. The van der Waals surface area contributed by atoms with Gasteiger partial charge in [-0.1, -0.05) is 12.1 Å². The first-order valence-electron chi connectivity index (χ1n) is 7.36. The number of para-hydroxylation sites is 2. The summed E-state index contributed by atoms with van der Waals surface area (Å²) in [4.78, 5) is 25.5. The summed E-state index contributed by atoms with van der Waals surface area (Å²) in [6, 6.07) is 7.15. The van der Waals surface area contributed by atoms with Crippen molar-refractivity contribution >= 4 is 11.8 Å². The number of nitrogens with one attached hydrogen (secondary N) is 1. The Balaban J connectivity index is 1.83. The summed E-state index contributed by atoms with van der Waals surface area (Å²) in [5.74, 6) is 0.934. The van der Waals surface area contributed by atoms with Crippen LogP contribution in [-0.4, -0.2) is 49.1 Å². The number of ether oxygens (including phenoxy) is 2. The highest BCUT2D eigenvalue weighted by atomic mass is 16.5. The van der Waals surface area contributed by atoms with Gasteiger partial charge in [-0.2, -0.15) is 0 Å². The summed E-state index contributed by atoms with van der Waals surface area (Å²) in [5.41, 5.74) is 0. The van der Waals surface area contributed by atoms with Gasteiger partial charge in [0.05, 0.1) is 13.2 Å². The first-order valence-corrected chi connectivity index (χ1v) is 7.36. The largest absolute Gasteiger partial charge is 0.493 e. The van der Waals surface area contributed by atoms with E-state index in [1.165, 1.54) is 0 Å². The standard InChI is InChI=1S/C16H22N2O4/c1-11(2)18-9-12(8-16(18)20)17-15(19)10-22-14-7-5-4-6-13(14)21-3/h4-7,11-12H,8-10H2,1-3H3,(H,17,19). The molecule has 0 spiro atoms. The Labute approximate surface area is 130 Å². The molecule has 1 N–H and O–H groups in total. The Morgan fingerprint density at radius 2 is 2.05 bits per heavy atom. The molecule has 0 saturated carbocycles. The summed E-state index contributed by atoms with van der Waals surface area (Å²) in [5, 5.41) is 2.83. The predicted molar refractivity (Wildman–Crippen MR) is 81.9 cm³/mol. The highest BCUT2D eigenvalue weighted by Gasteiger charge is 2.31. The molecule has 0 aromatic heterocycles. The zero-order chi connectivity index (χ0) is 16.1. The van der Waals surface area contributed by atoms with Crippen molar-refractivity contribution in [2.45, 2.75) is 32.4 Å². The molecular formula is C16H22N2O4. The Bertz CT molecular complexity index is 545. The lowest BCUT2D eigenvalue weighted by Crippen LogP contribution is -2.40. The Morgan fingerprint density at radius 1 is 1.36 bits per heavy atom. The molecule has 120 valence electrons. The number of hydrogen-bond donors (Lipinski definition) is 1. The summed E-state index contributed by atoms with van der Waals surface area (Å²) in [7, 11) is 1.55. The van der Waals surface area contributed by atoms with Crippen LogP contribution in [0.4, 0.5) is 0 Å². The fraction of sp³-hybridized carbons (Fsp3) is 0.500. The third-order valence-corrected chi connectivity index (χ3v) is 3.57. The highest BCUT2D eigenvalue weighted by molar-refractivity contribution is 5.83. The van der Waals surface area contributed by atoms with Gasteiger partial charge in [-0.3, -0.25) is 9.59 Å². The van der Waals surface area contributed by atoms with E-state index >= 15 is 0 Å². The SMILES string of the molecule is COc1ccccc1OCC(=O)NC1CC(=O)N(C(C)C)C1. The van der Waals surface area contributed by atoms with Gasteiger partial charge >= 0.3 is 0 Å². The topological polar surface area (TPSA) is 67.9 Å². The van der Waals surface area contributed by atoms with Gasteiger partial charge in [0.1, 0.15) is 0 Å². The molecule has 1 unspecified atom stereocenters. The lowest BCUT2D eigenvalue weighted by molar-refractivity contribution is -0.129. The molecular weight excluding hydrogens is 284 g/mol. The summed E-state index contributed by atoms with van der Waals surface area (Å²) < 4.78 is 10.6. The number of carbonyl (C=O) groups excluding carboxylic acids is 2. The molecule has 1 aliphatic rings. The fourth-order valence-corrected chi connectivity index (χ4v) is 2.48. The number of amides is 2. The average molecular weight is 306 g/mol. The van der Waals surface area contributed by atoms with Crippen LogP contribution < -0.4 is 14.8 Å². The zero-order valence-electron chi connectivity index (χ0n) is 13.2. The van der Waals surface area contributed by atoms with Crippen LogP contribution in [0.5, 0.6) is 11.5 Å². The van der Waals surface area contributed by atoms with Crippen molar-refractivity contribution in [2.75, 3.05) is 20.3 Å². The van der Waals surface area contributed by atoms with Crippen LogP contribution in [0.15, 0.2) is 24.3 Å². The minimum absolute atomic E-state index is 0.0750. The van der Waals surface area contributed by atoms with Crippen LogP contribution in [0.3, 0.4) is 0 Å². The number of likely N-dealkylation sites (tertiary alicyclic amines) is 1. The number of nitrogens with zero attached hydrogens (tertiary/aromatic N) is 1. The quantitative estimate of drug-likeness (QED) is 0.857. The minimum Gasteiger partial charge on any atom is -0.493 e. The lowest BCUT2D eigenvalue weighted by atomic mass is 10.2. The van der Waals surface area contributed by atoms with E-state index < -0.39 is 0 Å². The molecule has 0 bridgehead atoms. The fourth-order valence-electron chi connectivity index (χ4n) is 2.48. The second-order valence-corrected chi connectivity index (χ2v) is 5.55. The molecule has 1 fully saturated rings. The first kappa shape index (κ1) is 16.1. The monoisotopic (exact) mass is 306 g/mol. The Kier molecular flexibility index (Phi) is 5.25. The molecule has 22 heavy (non-hydrogen) atoms. The van der Waals surface area contributed by atoms with Gasteiger partial charge in [0.2, 0.25) is 5.91 Å². The molecule has 1 heterocycles. The molecule has 6 heteroatoms. The van der Waals surface area contributed by atoms with Crippen LogP contribution in [0.25, 0.3) is 0 Å². The van der Waals surface area contributed by atoms with Gasteiger partial charge in [0.25, 0.3) is 5.91 Å². The molecule has 1 aromatic carbocycles. The maximum atomic E-state index is 11.9. The predicted octanol–water partition coefficient (Wildman–Crippen LogP) is 1.20. The summed E-state index contributed by atoms with van der Waals surface area (Å²) in [6.07, 6.45) is 0.346. The smallest absolute Gasteiger partial charge is 0.258 e.